The fraction of sp³-hybridized carbons (Fsp3) is 0.167. The minimum atomic E-state index is -0.358. The van der Waals surface area contributed by atoms with Gasteiger partial charge in [-0.05, 0) is 80.2 Å². The van der Waals surface area contributed by atoms with Gasteiger partial charge in [-0.3, -0.25) is 4.79 Å². The maximum atomic E-state index is 12.6. The van der Waals surface area contributed by atoms with E-state index in [0.29, 0.717) is 36.0 Å². The number of nitrogens with zero attached hydrogens (tertiary/aromatic N) is 1. The predicted molar refractivity (Wildman–Crippen MR) is 132 cm³/mol. The molecule has 0 spiro atoms. The Balaban J connectivity index is 1.68. The Kier molecular flexibility index (Phi) is 8.70. The van der Waals surface area contributed by atoms with Crippen molar-refractivity contribution in [3.8, 4) is 17.2 Å². The van der Waals surface area contributed by atoms with E-state index in [1.54, 1.807) is 31.5 Å². The molecule has 0 heterocycles. The van der Waals surface area contributed by atoms with Gasteiger partial charge in [0.25, 0.3) is 5.91 Å². The van der Waals surface area contributed by atoms with Gasteiger partial charge < -0.3 is 14.2 Å². The van der Waals surface area contributed by atoms with Crippen molar-refractivity contribution in [3.05, 3.63) is 86.3 Å². The Hall–Kier alpha value is -2.84. The van der Waals surface area contributed by atoms with E-state index in [2.05, 4.69) is 42.4 Å². The highest BCUT2D eigenvalue weighted by atomic mass is 79.9. The van der Waals surface area contributed by atoms with E-state index in [-0.39, 0.29) is 5.91 Å². The summed E-state index contributed by atoms with van der Waals surface area (Å²) in [5.74, 6) is 1.40. The van der Waals surface area contributed by atoms with Gasteiger partial charge in [-0.1, -0.05) is 30.3 Å². The van der Waals surface area contributed by atoms with Crippen molar-refractivity contribution in [1.82, 2.24) is 5.43 Å². The van der Waals surface area contributed by atoms with Crippen molar-refractivity contribution in [1.29, 1.82) is 0 Å². The second-order valence-corrected chi connectivity index (χ2v) is 8.29. The number of nitrogens with one attached hydrogen (secondary N) is 1. The number of hydrazone groups is 1. The fourth-order valence-electron chi connectivity index (χ4n) is 2.85. The number of hydrogen-bond acceptors (Lipinski definition) is 5. The molecule has 3 aromatic rings. The van der Waals surface area contributed by atoms with Crippen LogP contribution in [0.2, 0.25) is 0 Å². The maximum Gasteiger partial charge on any atom is 0.271 e. The first-order valence-electron chi connectivity index (χ1n) is 9.81. The Morgan fingerprint density at radius 3 is 2.38 bits per heavy atom. The molecule has 3 aromatic carbocycles. The van der Waals surface area contributed by atoms with Crippen LogP contribution in [0.15, 0.2) is 74.7 Å². The molecule has 1 N–H and O–H groups in total. The molecule has 0 fully saturated rings. The number of ether oxygens (including phenoxy) is 3. The number of halogens is 2. The van der Waals surface area contributed by atoms with Crippen LogP contribution in [0.5, 0.6) is 17.2 Å². The zero-order valence-electron chi connectivity index (χ0n) is 17.6. The molecule has 166 valence electrons. The number of methoxy groups -OCH3 is 1. The minimum Gasteiger partial charge on any atom is -0.494 e. The Morgan fingerprint density at radius 1 is 1.00 bits per heavy atom. The predicted octanol–water partition coefficient (Wildman–Crippen LogP) is 5.96. The quantitative estimate of drug-likeness (QED) is 0.258. The van der Waals surface area contributed by atoms with Gasteiger partial charge in [0, 0.05) is 5.56 Å². The SMILES string of the molecule is CCOc1cc(C(=O)N/N=C/c2cc(Br)c(OC)c(Br)c2)ccc1OCc1ccccc1. The van der Waals surface area contributed by atoms with Crippen LogP contribution in [-0.4, -0.2) is 25.8 Å². The van der Waals surface area contributed by atoms with Gasteiger partial charge in [0.15, 0.2) is 11.5 Å². The van der Waals surface area contributed by atoms with Crippen molar-refractivity contribution in [2.45, 2.75) is 13.5 Å². The maximum absolute atomic E-state index is 12.6. The van der Waals surface area contributed by atoms with Gasteiger partial charge in [0.05, 0.1) is 28.9 Å². The standard InChI is InChI=1S/C24H22Br2N2O4/c1-3-31-22-13-18(9-10-21(22)32-15-16-7-5-4-6-8-16)24(29)28-27-14-17-11-19(25)23(30-2)20(26)12-17/h4-14H,3,15H2,1-2H3,(H,28,29)/b27-14+. The monoisotopic (exact) mass is 560 g/mol. The topological polar surface area (TPSA) is 69.2 Å². The van der Waals surface area contributed by atoms with Crippen LogP contribution in [0.1, 0.15) is 28.4 Å². The van der Waals surface area contributed by atoms with Crippen LogP contribution in [0, 0.1) is 0 Å². The Labute approximate surface area is 203 Å². The lowest BCUT2D eigenvalue weighted by atomic mass is 10.2. The molecule has 0 saturated carbocycles. The summed E-state index contributed by atoms with van der Waals surface area (Å²) in [5.41, 5.74) is 4.77. The van der Waals surface area contributed by atoms with Crippen molar-refractivity contribution < 1.29 is 19.0 Å². The largest absolute Gasteiger partial charge is 0.494 e. The lowest BCUT2D eigenvalue weighted by Crippen LogP contribution is -2.17. The van der Waals surface area contributed by atoms with Gasteiger partial charge in [-0.15, -0.1) is 0 Å². The molecule has 3 rings (SSSR count). The van der Waals surface area contributed by atoms with E-state index < -0.39 is 0 Å². The summed E-state index contributed by atoms with van der Waals surface area (Å²) >= 11 is 6.89. The number of amides is 1. The number of carbonyl (C=O) groups is 1. The highest BCUT2D eigenvalue weighted by Crippen LogP contribution is 2.34. The second kappa shape index (κ2) is 11.7. The smallest absolute Gasteiger partial charge is 0.271 e. The minimum absolute atomic E-state index is 0.358. The lowest BCUT2D eigenvalue weighted by molar-refractivity contribution is 0.0954. The summed E-state index contributed by atoms with van der Waals surface area (Å²) in [5, 5.41) is 4.05. The van der Waals surface area contributed by atoms with E-state index in [9.17, 15) is 4.79 Å². The molecule has 0 aliphatic rings. The molecular weight excluding hydrogens is 540 g/mol. The molecule has 0 aliphatic heterocycles. The highest BCUT2D eigenvalue weighted by molar-refractivity contribution is 9.11. The summed E-state index contributed by atoms with van der Waals surface area (Å²) in [7, 11) is 1.59. The highest BCUT2D eigenvalue weighted by Gasteiger charge is 2.12. The summed E-state index contributed by atoms with van der Waals surface area (Å²) in [6.07, 6.45) is 1.55. The molecule has 0 radical (unpaired) electrons. The van der Waals surface area contributed by atoms with Gasteiger partial charge >= 0.3 is 0 Å². The van der Waals surface area contributed by atoms with Crippen LogP contribution in [0.25, 0.3) is 0 Å². The summed E-state index contributed by atoms with van der Waals surface area (Å²) < 4.78 is 18.4. The first-order chi connectivity index (χ1) is 15.5. The molecule has 32 heavy (non-hydrogen) atoms. The van der Waals surface area contributed by atoms with E-state index in [1.807, 2.05) is 49.4 Å². The van der Waals surface area contributed by atoms with Crippen LogP contribution in [-0.2, 0) is 6.61 Å². The van der Waals surface area contributed by atoms with Crippen LogP contribution in [0.4, 0.5) is 0 Å². The first-order valence-corrected chi connectivity index (χ1v) is 11.4. The third-order valence-electron chi connectivity index (χ3n) is 4.35. The zero-order valence-corrected chi connectivity index (χ0v) is 20.8. The first kappa shape index (κ1) is 23.8. The molecule has 0 bridgehead atoms. The number of benzene rings is 3. The third-order valence-corrected chi connectivity index (χ3v) is 5.53. The summed E-state index contributed by atoms with van der Waals surface area (Å²) in [4.78, 5) is 12.6. The molecule has 6 nitrogen and oxygen atoms in total. The van der Waals surface area contributed by atoms with Crippen molar-refractivity contribution in [2.75, 3.05) is 13.7 Å². The van der Waals surface area contributed by atoms with Crippen LogP contribution < -0.4 is 19.6 Å². The molecule has 0 atom stereocenters. The average Bonchev–Trinajstić information content (AvgIpc) is 2.79. The van der Waals surface area contributed by atoms with Gasteiger partial charge in [-0.2, -0.15) is 5.10 Å². The van der Waals surface area contributed by atoms with Crippen LogP contribution in [0.3, 0.4) is 0 Å². The van der Waals surface area contributed by atoms with Crippen molar-refractivity contribution in [2.24, 2.45) is 5.10 Å². The van der Waals surface area contributed by atoms with Crippen LogP contribution >= 0.6 is 31.9 Å². The van der Waals surface area contributed by atoms with E-state index >= 15 is 0 Å². The Morgan fingerprint density at radius 2 is 1.72 bits per heavy atom. The molecule has 0 saturated heterocycles. The normalized spacial score (nSPS) is 10.8. The average molecular weight is 562 g/mol. The second-order valence-electron chi connectivity index (χ2n) is 6.59. The third kappa shape index (κ3) is 6.34. The molecule has 0 unspecified atom stereocenters. The molecule has 0 aromatic heterocycles. The summed E-state index contributed by atoms with van der Waals surface area (Å²) in [6, 6.07) is 18.6. The fourth-order valence-corrected chi connectivity index (χ4v) is 4.40. The number of hydrogen-bond donors (Lipinski definition) is 1. The van der Waals surface area contributed by atoms with E-state index in [4.69, 9.17) is 14.2 Å². The number of carbonyl (C=O) groups excluding carboxylic acids is 1. The zero-order chi connectivity index (χ0) is 22.9. The van der Waals surface area contributed by atoms with Crippen molar-refractivity contribution >= 4 is 44.0 Å². The van der Waals surface area contributed by atoms with Gasteiger partial charge in [0.2, 0.25) is 0 Å². The van der Waals surface area contributed by atoms with E-state index in [0.717, 1.165) is 20.1 Å². The molecular formula is C24H22Br2N2O4. The molecule has 1 amide bonds. The van der Waals surface area contributed by atoms with Gasteiger partial charge in [0.1, 0.15) is 12.4 Å². The molecule has 0 aliphatic carbocycles. The summed E-state index contributed by atoms with van der Waals surface area (Å²) in [6.45, 7) is 2.74. The Bertz CT molecular complexity index is 1080. The lowest BCUT2D eigenvalue weighted by Gasteiger charge is -2.13. The molecule has 8 heteroatoms. The van der Waals surface area contributed by atoms with Gasteiger partial charge in [-0.25, -0.2) is 5.43 Å². The van der Waals surface area contributed by atoms with E-state index in [1.165, 1.54) is 0 Å². The van der Waals surface area contributed by atoms with Crippen molar-refractivity contribution in [3.63, 3.8) is 0 Å². The number of rotatable bonds is 9.